The van der Waals surface area contributed by atoms with Crippen LogP contribution in [0.5, 0.6) is 11.5 Å². The molecule has 0 bridgehead atoms. The van der Waals surface area contributed by atoms with Crippen LogP contribution in [-0.2, 0) is 11.3 Å². The quantitative estimate of drug-likeness (QED) is 0.322. The largest absolute Gasteiger partial charge is 0.493 e. The van der Waals surface area contributed by atoms with E-state index in [1.807, 2.05) is 70.6 Å². The summed E-state index contributed by atoms with van der Waals surface area (Å²) in [4.78, 5) is 15.6. The third-order valence-corrected chi connectivity index (χ3v) is 6.81. The number of para-hydroxylation sites is 2. The molecule has 1 amide bonds. The van der Waals surface area contributed by atoms with Crippen LogP contribution in [0.2, 0.25) is 0 Å². The van der Waals surface area contributed by atoms with Crippen LogP contribution in [0.4, 0.5) is 0 Å². The van der Waals surface area contributed by atoms with Crippen LogP contribution >= 0.6 is 23.1 Å². The number of hydrogen-bond acceptors (Lipinski definition) is 7. The summed E-state index contributed by atoms with van der Waals surface area (Å²) in [5.41, 5.74) is 1.83. The molecule has 4 aromatic rings. The Balaban J connectivity index is 1.51. The molecule has 0 aliphatic carbocycles. The predicted molar refractivity (Wildman–Crippen MR) is 131 cm³/mol. The minimum Gasteiger partial charge on any atom is -0.493 e. The maximum absolute atomic E-state index is 12.9. The average Bonchev–Trinajstić information content (AvgIpc) is 3.52. The van der Waals surface area contributed by atoms with E-state index < -0.39 is 0 Å². The lowest BCUT2D eigenvalue weighted by Crippen LogP contribution is -2.28. The molecule has 0 saturated heterocycles. The number of hydrogen-bond donors (Lipinski definition) is 0. The molecule has 0 fully saturated rings. The van der Waals surface area contributed by atoms with Crippen molar-refractivity contribution in [3.05, 3.63) is 71.6 Å². The summed E-state index contributed by atoms with van der Waals surface area (Å²) < 4.78 is 12.8. The molecule has 33 heavy (non-hydrogen) atoms. The zero-order chi connectivity index (χ0) is 23.2. The molecule has 7 nitrogen and oxygen atoms in total. The number of ether oxygens (including phenoxy) is 2. The van der Waals surface area contributed by atoms with Gasteiger partial charge >= 0.3 is 0 Å². The van der Waals surface area contributed by atoms with Crippen molar-refractivity contribution < 1.29 is 14.3 Å². The van der Waals surface area contributed by atoms with Gasteiger partial charge in [0.25, 0.3) is 0 Å². The molecule has 4 rings (SSSR count). The summed E-state index contributed by atoms with van der Waals surface area (Å²) >= 11 is 2.98. The molecule has 0 aliphatic rings. The minimum absolute atomic E-state index is 0.0230. The van der Waals surface area contributed by atoms with Crippen molar-refractivity contribution in [3.63, 3.8) is 0 Å². The number of carbonyl (C=O) groups excluding carboxylic acids is 1. The van der Waals surface area contributed by atoms with Gasteiger partial charge in [-0.15, -0.1) is 21.5 Å². The number of benzene rings is 2. The highest BCUT2D eigenvalue weighted by Crippen LogP contribution is 2.32. The average molecular weight is 481 g/mol. The van der Waals surface area contributed by atoms with Crippen molar-refractivity contribution in [1.82, 2.24) is 19.7 Å². The van der Waals surface area contributed by atoms with Gasteiger partial charge < -0.3 is 14.4 Å². The second-order valence-corrected chi connectivity index (χ2v) is 9.04. The predicted octanol–water partition coefficient (Wildman–Crippen LogP) is 4.76. The van der Waals surface area contributed by atoms with Crippen molar-refractivity contribution in [1.29, 1.82) is 0 Å². The van der Waals surface area contributed by atoms with Crippen molar-refractivity contribution in [3.8, 4) is 27.9 Å². The summed E-state index contributed by atoms with van der Waals surface area (Å²) in [6.07, 6.45) is 0. The number of amides is 1. The third-order valence-electron chi connectivity index (χ3n) is 5.03. The van der Waals surface area contributed by atoms with Crippen molar-refractivity contribution >= 4 is 29.0 Å². The van der Waals surface area contributed by atoms with E-state index in [0.29, 0.717) is 23.2 Å². The van der Waals surface area contributed by atoms with E-state index in [0.717, 1.165) is 22.0 Å². The zero-order valence-corrected chi connectivity index (χ0v) is 20.2. The Hall–Kier alpha value is -3.30. The maximum Gasteiger partial charge on any atom is 0.233 e. The van der Waals surface area contributed by atoms with Gasteiger partial charge in [-0.1, -0.05) is 48.2 Å². The Morgan fingerprint density at radius 3 is 2.55 bits per heavy atom. The van der Waals surface area contributed by atoms with E-state index in [1.165, 1.54) is 11.8 Å². The summed E-state index contributed by atoms with van der Waals surface area (Å²) in [5, 5.41) is 11.5. The normalized spacial score (nSPS) is 10.8. The Morgan fingerprint density at radius 1 is 1.03 bits per heavy atom. The van der Waals surface area contributed by atoms with Crippen molar-refractivity contribution in [2.45, 2.75) is 11.7 Å². The third kappa shape index (κ3) is 5.04. The van der Waals surface area contributed by atoms with Gasteiger partial charge in [-0.05, 0) is 29.6 Å². The van der Waals surface area contributed by atoms with Crippen LogP contribution in [0.3, 0.4) is 0 Å². The lowest BCUT2D eigenvalue weighted by molar-refractivity contribution is -0.127. The summed E-state index contributed by atoms with van der Waals surface area (Å²) in [7, 11) is 4.97. The van der Waals surface area contributed by atoms with Gasteiger partial charge in [-0.25, -0.2) is 0 Å². The molecular weight excluding hydrogens is 456 g/mol. The topological polar surface area (TPSA) is 69.5 Å². The molecule has 0 radical (unpaired) electrons. The Morgan fingerprint density at radius 2 is 1.85 bits per heavy atom. The molecule has 0 spiro atoms. The Bertz CT molecular complexity index is 1210. The highest BCUT2D eigenvalue weighted by Gasteiger charge is 2.20. The van der Waals surface area contributed by atoms with E-state index in [4.69, 9.17) is 9.47 Å². The van der Waals surface area contributed by atoms with Crippen LogP contribution in [0, 0.1) is 0 Å². The number of rotatable bonds is 9. The van der Waals surface area contributed by atoms with Gasteiger partial charge in [-0.3, -0.25) is 9.36 Å². The lowest BCUT2D eigenvalue weighted by Gasteiger charge is -2.20. The van der Waals surface area contributed by atoms with Crippen molar-refractivity contribution in [2.24, 2.45) is 0 Å². The van der Waals surface area contributed by atoms with Gasteiger partial charge in [0.2, 0.25) is 5.91 Å². The number of methoxy groups -OCH3 is 2. The molecular formula is C24H24N4O3S2. The van der Waals surface area contributed by atoms with Gasteiger partial charge in [0.15, 0.2) is 22.5 Å². The highest BCUT2D eigenvalue weighted by molar-refractivity contribution is 7.99. The van der Waals surface area contributed by atoms with Crippen LogP contribution in [0.25, 0.3) is 16.4 Å². The number of nitrogens with zero attached hydrogens (tertiary/aromatic N) is 4. The van der Waals surface area contributed by atoms with Gasteiger partial charge in [0, 0.05) is 24.8 Å². The van der Waals surface area contributed by atoms with Gasteiger partial charge in [-0.2, -0.15) is 0 Å². The Labute approximate surface area is 201 Å². The first kappa shape index (κ1) is 22.9. The molecule has 0 atom stereocenters. The van der Waals surface area contributed by atoms with Crippen LogP contribution in [-0.4, -0.2) is 52.6 Å². The second-order valence-electron chi connectivity index (χ2n) is 7.15. The fraction of sp³-hybridized carbons (Fsp3) is 0.208. The first-order chi connectivity index (χ1) is 16.1. The molecule has 2 aromatic carbocycles. The first-order valence-electron chi connectivity index (χ1n) is 10.2. The number of thioether (sulfide) groups is 1. The monoisotopic (exact) mass is 480 g/mol. The zero-order valence-electron chi connectivity index (χ0n) is 18.6. The molecule has 0 saturated carbocycles. The van der Waals surface area contributed by atoms with E-state index >= 15 is 0 Å². The van der Waals surface area contributed by atoms with Crippen molar-refractivity contribution in [2.75, 3.05) is 27.0 Å². The highest BCUT2D eigenvalue weighted by atomic mass is 32.2. The molecule has 2 heterocycles. The molecule has 170 valence electrons. The summed E-state index contributed by atoms with van der Waals surface area (Å²) in [5.74, 6) is 2.25. The molecule has 0 aliphatic heterocycles. The van der Waals surface area contributed by atoms with Gasteiger partial charge in [0.05, 0.1) is 24.8 Å². The summed E-state index contributed by atoms with van der Waals surface area (Å²) in [6, 6.07) is 19.6. The fourth-order valence-corrected chi connectivity index (χ4v) is 4.99. The van der Waals surface area contributed by atoms with E-state index in [1.54, 1.807) is 37.5 Å². The van der Waals surface area contributed by atoms with E-state index in [-0.39, 0.29) is 11.7 Å². The molecule has 9 heteroatoms. The van der Waals surface area contributed by atoms with Crippen LogP contribution in [0.15, 0.2) is 71.2 Å². The Kier molecular flexibility index (Phi) is 7.31. The van der Waals surface area contributed by atoms with Gasteiger partial charge in [0.1, 0.15) is 0 Å². The van der Waals surface area contributed by atoms with E-state index in [9.17, 15) is 4.79 Å². The standard InChI is InChI=1S/C24H24N4O3S2/c1-27(15-17-9-7-12-19(30-2)22(17)31-3)21(29)16-33-24-26-25-23(20-13-8-14-32-20)28(24)18-10-5-4-6-11-18/h4-14H,15-16H2,1-3H3. The summed E-state index contributed by atoms with van der Waals surface area (Å²) in [6.45, 7) is 0.408. The number of aromatic nitrogens is 3. The minimum atomic E-state index is -0.0230. The maximum atomic E-state index is 12.9. The van der Waals surface area contributed by atoms with E-state index in [2.05, 4.69) is 10.2 Å². The number of thiophene rings is 1. The first-order valence-corrected chi connectivity index (χ1v) is 12.1. The smallest absolute Gasteiger partial charge is 0.233 e. The van der Waals surface area contributed by atoms with Crippen LogP contribution < -0.4 is 9.47 Å². The fourth-order valence-electron chi connectivity index (χ4n) is 3.40. The van der Waals surface area contributed by atoms with Crippen LogP contribution in [0.1, 0.15) is 5.56 Å². The second kappa shape index (κ2) is 10.5. The SMILES string of the molecule is COc1cccc(CN(C)C(=O)CSc2nnc(-c3cccs3)n2-c2ccccc2)c1OC. The molecule has 0 N–H and O–H groups in total. The number of carbonyl (C=O) groups is 1. The molecule has 2 aromatic heterocycles. The lowest BCUT2D eigenvalue weighted by atomic mass is 10.1. The molecule has 0 unspecified atom stereocenters.